The summed E-state index contributed by atoms with van der Waals surface area (Å²) in [5.74, 6) is -0.115. The lowest BCUT2D eigenvalue weighted by Gasteiger charge is -2.19. The highest BCUT2D eigenvalue weighted by Crippen LogP contribution is 2.26. The van der Waals surface area contributed by atoms with Crippen molar-refractivity contribution in [3.63, 3.8) is 0 Å². The summed E-state index contributed by atoms with van der Waals surface area (Å²) in [6, 6.07) is 0. The molecule has 1 radical (unpaired) electrons. The molecule has 0 aromatic carbocycles. The van der Waals surface area contributed by atoms with Crippen LogP contribution in [-0.4, -0.2) is 11.1 Å². The zero-order valence-corrected chi connectivity index (χ0v) is 6.75. The molecule has 0 aliphatic heterocycles. The monoisotopic (exact) mass is 155 g/mol. The normalized spacial score (nSPS) is 20.0. The van der Waals surface area contributed by atoms with E-state index in [9.17, 15) is 4.79 Å². The highest BCUT2D eigenvalue weighted by Gasteiger charge is 2.14. The van der Waals surface area contributed by atoms with Gasteiger partial charge in [-0.25, -0.2) is 0 Å². The molecule has 0 aromatic rings. The van der Waals surface area contributed by atoms with Crippen LogP contribution in [0, 0.1) is 12.3 Å². The summed E-state index contributed by atoms with van der Waals surface area (Å²) < 4.78 is 0. The van der Waals surface area contributed by atoms with Gasteiger partial charge in [0.2, 0.25) is 0 Å². The average molecular weight is 155 g/mol. The molecule has 1 saturated carbocycles. The highest BCUT2D eigenvalue weighted by atomic mass is 16.4. The third-order valence-corrected chi connectivity index (χ3v) is 2.28. The van der Waals surface area contributed by atoms with E-state index in [2.05, 4.69) is 0 Å². The molecular formula is C9H15O2. The van der Waals surface area contributed by atoms with Crippen molar-refractivity contribution in [3.05, 3.63) is 6.42 Å². The van der Waals surface area contributed by atoms with Gasteiger partial charge in [-0.05, 0) is 12.3 Å². The minimum Gasteiger partial charge on any atom is -0.481 e. The predicted molar refractivity (Wildman–Crippen MR) is 43.1 cm³/mol. The summed E-state index contributed by atoms with van der Waals surface area (Å²) in [7, 11) is 0. The SMILES string of the molecule is O=C(O)C[CH]C1CCCCC1. The van der Waals surface area contributed by atoms with Crippen LogP contribution in [0.3, 0.4) is 0 Å². The molecule has 2 heteroatoms. The van der Waals surface area contributed by atoms with Crippen LogP contribution >= 0.6 is 0 Å². The van der Waals surface area contributed by atoms with E-state index in [-0.39, 0.29) is 6.42 Å². The first kappa shape index (κ1) is 8.57. The molecular weight excluding hydrogens is 140 g/mol. The molecule has 1 aliphatic carbocycles. The fraction of sp³-hybridized carbons (Fsp3) is 0.778. The predicted octanol–water partition coefficient (Wildman–Crippen LogP) is 2.25. The topological polar surface area (TPSA) is 37.3 Å². The molecule has 0 unspecified atom stereocenters. The second-order valence-corrected chi connectivity index (χ2v) is 3.23. The lowest BCUT2D eigenvalue weighted by atomic mass is 9.86. The average Bonchev–Trinajstić information content (AvgIpc) is 2.03. The summed E-state index contributed by atoms with van der Waals surface area (Å²) in [5.41, 5.74) is 0. The molecule has 0 bridgehead atoms. The lowest BCUT2D eigenvalue weighted by molar-refractivity contribution is -0.136. The summed E-state index contributed by atoms with van der Waals surface area (Å²) in [4.78, 5) is 10.2. The van der Waals surface area contributed by atoms with Crippen molar-refractivity contribution in [3.8, 4) is 0 Å². The van der Waals surface area contributed by atoms with Crippen LogP contribution in [0.4, 0.5) is 0 Å². The van der Waals surface area contributed by atoms with Crippen LogP contribution in [0.1, 0.15) is 38.5 Å². The fourth-order valence-electron chi connectivity index (χ4n) is 1.64. The maximum absolute atomic E-state index is 10.2. The molecule has 0 spiro atoms. The van der Waals surface area contributed by atoms with Gasteiger partial charge in [0.15, 0.2) is 0 Å². The number of carboxylic acids is 1. The summed E-state index contributed by atoms with van der Waals surface area (Å²) in [6.07, 6.45) is 8.49. The molecule has 1 fully saturated rings. The van der Waals surface area contributed by atoms with E-state index in [1.54, 1.807) is 0 Å². The smallest absolute Gasteiger partial charge is 0.303 e. The Labute approximate surface area is 67.6 Å². The first-order valence-electron chi connectivity index (χ1n) is 4.34. The summed E-state index contributed by atoms with van der Waals surface area (Å²) in [5, 5.41) is 8.41. The van der Waals surface area contributed by atoms with Gasteiger partial charge >= 0.3 is 5.97 Å². The molecule has 0 saturated heterocycles. The molecule has 0 heterocycles. The quantitative estimate of drug-likeness (QED) is 0.678. The number of aliphatic carboxylic acids is 1. The van der Waals surface area contributed by atoms with Gasteiger partial charge < -0.3 is 5.11 Å². The Hall–Kier alpha value is -0.530. The summed E-state index contributed by atoms with van der Waals surface area (Å²) >= 11 is 0. The number of hydrogen-bond donors (Lipinski definition) is 1. The van der Waals surface area contributed by atoms with Gasteiger partial charge in [-0.1, -0.05) is 32.1 Å². The maximum atomic E-state index is 10.2. The van der Waals surface area contributed by atoms with E-state index in [0.717, 1.165) is 0 Å². The zero-order valence-electron chi connectivity index (χ0n) is 6.75. The van der Waals surface area contributed by atoms with Crippen molar-refractivity contribution in [1.82, 2.24) is 0 Å². The molecule has 0 aromatic heterocycles. The Morgan fingerprint density at radius 2 is 2.00 bits per heavy atom. The first-order chi connectivity index (χ1) is 5.29. The number of hydrogen-bond acceptors (Lipinski definition) is 1. The number of carbonyl (C=O) groups is 1. The van der Waals surface area contributed by atoms with Gasteiger partial charge in [-0.3, -0.25) is 4.79 Å². The van der Waals surface area contributed by atoms with E-state index in [0.29, 0.717) is 5.92 Å². The van der Waals surface area contributed by atoms with E-state index in [4.69, 9.17) is 5.11 Å². The third-order valence-electron chi connectivity index (χ3n) is 2.28. The molecule has 1 aliphatic rings. The van der Waals surface area contributed by atoms with E-state index < -0.39 is 5.97 Å². The Kier molecular flexibility index (Phi) is 3.40. The van der Waals surface area contributed by atoms with Crippen molar-refractivity contribution in [1.29, 1.82) is 0 Å². The van der Waals surface area contributed by atoms with Crippen LogP contribution in [0.15, 0.2) is 0 Å². The van der Waals surface area contributed by atoms with Crippen LogP contribution in [0.2, 0.25) is 0 Å². The van der Waals surface area contributed by atoms with E-state index in [1.165, 1.54) is 32.1 Å². The Morgan fingerprint density at radius 1 is 1.36 bits per heavy atom. The largest absolute Gasteiger partial charge is 0.481 e. The van der Waals surface area contributed by atoms with Gasteiger partial charge in [0.25, 0.3) is 0 Å². The standard InChI is InChI=1S/C9H15O2/c10-9(11)7-6-8-4-2-1-3-5-8/h6,8H,1-5,7H2,(H,10,11). The molecule has 63 valence electrons. The van der Waals surface area contributed by atoms with Gasteiger partial charge in [0.1, 0.15) is 0 Å². The van der Waals surface area contributed by atoms with Crippen molar-refractivity contribution < 1.29 is 9.90 Å². The maximum Gasteiger partial charge on any atom is 0.303 e. The highest BCUT2D eigenvalue weighted by molar-refractivity contribution is 5.68. The zero-order chi connectivity index (χ0) is 8.10. The Morgan fingerprint density at radius 3 is 2.55 bits per heavy atom. The fourth-order valence-corrected chi connectivity index (χ4v) is 1.64. The van der Waals surface area contributed by atoms with Gasteiger partial charge in [-0.15, -0.1) is 0 Å². The summed E-state index contributed by atoms with van der Waals surface area (Å²) in [6.45, 7) is 0. The Balaban J connectivity index is 2.09. The molecule has 11 heavy (non-hydrogen) atoms. The van der Waals surface area contributed by atoms with Crippen molar-refractivity contribution in [2.45, 2.75) is 38.5 Å². The number of rotatable bonds is 3. The second-order valence-electron chi connectivity index (χ2n) is 3.23. The van der Waals surface area contributed by atoms with Crippen LogP contribution < -0.4 is 0 Å². The third kappa shape index (κ3) is 3.40. The van der Waals surface area contributed by atoms with Gasteiger partial charge in [0.05, 0.1) is 0 Å². The first-order valence-corrected chi connectivity index (χ1v) is 4.34. The van der Waals surface area contributed by atoms with Gasteiger partial charge in [0, 0.05) is 6.42 Å². The van der Waals surface area contributed by atoms with Crippen molar-refractivity contribution in [2.24, 2.45) is 5.92 Å². The number of carboxylic acid groups (broad SMARTS) is 1. The minimum absolute atomic E-state index is 0.241. The van der Waals surface area contributed by atoms with E-state index >= 15 is 0 Å². The molecule has 0 amide bonds. The molecule has 0 atom stereocenters. The van der Waals surface area contributed by atoms with E-state index in [1.807, 2.05) is 6.42 Å². The Bertz CT molecular complexity index is 126. The van der Waals surface area contributed by atoms with Gasteiger partial charge in [-0.2, -0.15) is 0 Å². The van der Waals surface area contributed by atoms with Crippen molar-refractivity contribution >= 4 is 5.97 Å². The molecule has 1 N–H and O–H groups in total. The van der Waals surface area contributed by atoms with Crippen LogP contribution in [-0.2, 0) is 4.79 Å². The minimum atomic E-state index is -0.699. The second kappa shape index (κ2) is 4.37. The lowest BCUT2D eigenvalue weighted by Crippen LogP contribution is -2.09. The van der Waals surface area contributed by atoms with Crippen LogP contribution in [0.25, 0.3) is 0 Å². The van der Waals surface area contributed by atoms with Crippen LogP contribution in [0.5, 0.6) is 0 Å². The molecule has 2 nitrogen and oxygen atoms in total. The van der Waals surface area contributed by atoms with Crippen molar-refractivity contribution in [2.75, 3.05) is 0 Å². The molecule has 1 rings (SSSR count).